The summed E-state index contributed by atoms with van der Waals surface area (Å²) in [5.41, 5.74) is 0. The molecule has 0 amide bonds. The van der Waals surface area contributed by atoms with E-state index in [1.165, 1.54) is 32.4 Å². The molecule has 0 saturated carbocycles. The highest BCUT2D eigenvalue weighted by Gasteiger charge is 2.21. The maximum Gasteiger partial charge on any atom is 0.00884 e. The van der Waals surface area contributed by atoms with E-state index in [0.717, 1.165) is 18.0 Å². The van der Waals surface area contributed by atoms with Gasteiger partial charge < -0.3 is 10.2 Å². The van der Waals surface area contributed by atoms with Crippen molar-refractivity contribution in [2.24, 2.45) is 5.92 Å². The molecule has 0 aromatic rings. The number of hydrogen-bond donors (Lipinski definition) is 1. The number of likely N-dealkylation sites (tertiary alicyclic amines) is 1. The molecule has 1 N–H and O–H groups in total. The van der Waals surface area contributed by atoms with Crippen molar-refractivity contribution >= 4 is 0 Å². The largest absolute Gasteiger partial charge is 0.317 e. The van der Waals surface area contributed by atoms with E-state index in [-0.39, 0.29) is 0 Å². The molecule has 0 bridgehead atoms. The third-order valence-corrected chi connectivity index (χ3v) is 3.37. The van der Waals surface area contributed by atoms with Crippen LogP contribution in [0, 0.1) is 5.92 Å². The maximum absolute atomic E-state index is 3.38. The SMILES string of the molecule is CNC1CCN(C(C)CC(C)C)CC1. The average Bonchev–Trinajstić information content (AvgIpc) is 2.17. The van der Waals surface area contributed by atoms with Crippen molar-refractivity contribution in [1.29, 1.82) is 0 Å². The molecule has 1 fully saturated rings. The summed E-state index contributed by atoms with van der Waals surface area (Å²) in [4.78, 5) is 2.65. The van der Waals surface area contributed by atoms with Crippen LogP contribution in [0.15, 0.2) is 0 Å². The second kappa shape index (κ2) is 5.72. The van der Waals surface area contributed by atoms with E-state index in [2.05, 4.69) is 38.0 Å². The molecule has 1 unspecified atom stereocenters. The smallest absolute Gasteiger partial charge is 0.00884 e. The monoisotopic (exact) mass is 198 g/mol. The van der Waals surface area contributed by atoms with E-state index in [1.54, 1.807) is 0 Å². The summed E-state index contributed by atoms with van der Waals surface area (Å²) in [6.45, 7) is 9.56. The van der Waals surface area contributed by atoms with Gasteiger partial charge in [0.25, 0.3) is 0 Å². The molecule has 84 valence electrons. The first kappa shape index (κ1) is 12.0. The summed E-state index contributed by atoms with van der Waals surface area (Å²) in [5, 5.41) is 3.38. The van der Waals surface area contributed by atoms with Crippen molar-refractivity contribution in [2.45, 2.75) is 52.1 Å². The number of nitrogens with zero attached hydrogens (tertiary/aromatic N) is 1. The Hall–Kier alpha value is -0.0800. The topological polar surface area (TPSA) is 15.3 Å². The van der Waals surface area contributed by atoms with Crippen LogP contribution >= 0.6 is 0 Å². The van der Waals surface area contributed by atoms with Crippen LogP contribution in [0.25, 0.3) is 0 Å². The van der Waals surface area contributed by atoms with Gasteiger partial charge in [-0.3, -0.25) is 0 Å². The Morgan fingerprint density at radius 2 is 1.79 bits per heavy atom. The Morgan fingerprint density at radius 3 is 2.21 bits per heavy atom. The highest BCUT2D eigenvalue weighted by molar-refractivity contribution is 4.79. The summed E-state index contributed by atoms with van der Waals surface area (Å²) >= 11 is 0. The molecule has 1 rings (SSSR count). The van der Waals surface area contributed by atoms with Gasteiger partial charge >= 0.3 is 0 Å². The van der Waals surface area contributed by atoms with Crippen LogP contribution in [0.4, 0.5) is 0 Å². The van der Waals surface area contributed by atoms with Gasteiger partial charge in [0.1, 0.15) is 0 Å². The van der Waals surface area contributed by atoms with Crippen LogP contribution in [-0.2, 0) is 0 Å². The second-order valence-electron chi connectivity index (χ2n) is 5.08. The molecule has 0 spiro atoms. The zero-order chi connectivity index (χ0) is 10.6. The van der Waals surface area contributed by atoms with Crippen LogP contribution in [-0.4, -0.2) is 37.1 Å². The van der Waals surface area contributed by atoms with Crippen molar-refractivity contribution in [3.8, 4) is 0 Å². The number of piperidine rings is 1. The van der Waals surface area contributed by atoms with E-state index in [1.807, 2.05) is 0 Å². The number of nitrogens with one attached hydrogen (secondary N) is 1. The van der Waals surface area contributed by atoms with E-state index in [9.17, 15) is 0 Å². The van der Waals surface area contributed by atoms with Crippen molar-refractivity contribution in [3.05, 3.63) is 0 Å². The third kappa shape index (κ3) is 3.58. The standard InChI is InChI=1S/C12H26N2/c1-10(2)9-11(3)14-7-5-12(13-4)6-8-14/h10-13H,5-9H2,1-4H3. The summed E-state index contributed by atoms with van der Waals surface area (Å²) in [5.74, 6) is 0.826. The first-order valence-corrected chi connectivity index (χ1v) is 6.04. The van der Waals surface area contributed by atoms with Gasteiger partial charge in [0, 0.05) is 12.1 Å². The van der Waals surface area contributed by atoms with Gasteiger partial charge in [-0.1, -0.05) is 13.8 Å². The van der Waals surface area contributed by atoms with E-state index >= 15 is 0 Å². The normalized spacial score (nSPS) is 22.9. The van der Waals surface area contributed by atoms with Crippen molar-refractivity contribution in [2.75, 3.05) is 20.1 Å². The minimum atomic E-state index is 0.762. The number of hydrogen-bond acceptors (Lipinski definition) is 2. The fraction of sp³-hybridized carbons (Fsp3) is 1.00. The molecule has 1 aliphatic heterocycles. The lowest BCUT2D eigenvalue weighted by Crippen LogP contribution is -2.45. The minimum Gasteiger partial charge on any atom is -0.317 e. The van der Waals surface area contributed by atoms with Crippen molar-refractivity contribution < 1.29 is 0 Å². The highest BCUT2D eigenvalue weighted by atomic mass is 15.2. The van der Waals surface area contributed by atoms with Crippen LogP contribution in [0.1, 0.15) is 40.0 Å². The Balaban J connectivity index is 2.26. The lowest BCUT2D eigenvalue weighted by atomic mass is 9.99. The van der Waals surface area contributed by atoms with E-state index in [4.69, 9.17) is 0 Å². The second-order valence-corrected chi connectivity index (χ2v) is 5.08. The minimum absolute atomic E-state index is 0.762. The number of rotatable bonds is 4. The summed E-state index contributed by atoms with van der Waals surface area (Å²) in [6, 6.07) is 1.53. The van der Waals surface area contributed by atoms with Crippen LogP contribution in [0.2, 0.25) is 0 Å². The van der Waals surface area contributed by atoms with Crippen molar-refractivity contribution in [1.82, 2.24) is 10.2 Å². The first-order chi connectivity index (χ1) is 6.63. The van der Waals surface area contributed by atoms with Gasteiger partial charge in [-0.25, -0.2) is 0 Å². The van der Waals surface area contributed by atoms with Crippen LogP contribution < -0.4 is 5.32 Å². The molecule has 0 radical (unpaired) electrons. The quantitative estimate of drug-likeness (QED) is 0.744. The van der Waals surface area contributed by atoms with E-state index < -0.39 is 0 Å². The molecule has 2 nitrogen and oxygen atoms in total. The third-order valence-electron chi connectivity index (χ3n) is 3.37. The lowest BCUT2D eigenvalue weighted by molar-refractivity contribution is 0.140. The molecule has 14 heavy (non-hydrogen) atoms. The molecule has 2 heteroatoms. The summed E-state index contributed by atoms with van der Waals surface area (Å²) in [6.07, 6.45) is 3.97. The van der Waals surface area contributed by atoms with Gasteiger partial charge in [0.15, 0.2) is 0 Å². The zero-order valence-corrected chi connectivity index (χ0v) is 10.2. The average molecular weight is 198 g/mol. The molecule has 1 saturated heterocycles. The molecular formula is C12H26N2. The van der Waals surface area contributed by atoms with Gasteiger partial charge in [-0.05, 0) is 52.2 Å². The Morgan fingerprint density at radius 1 is 1.21 bits per heavy atom. The zero-order valence-electron chi connectivity index (χ0n) is 10.2. The molecular weight excluding hydrogens is 172 g/mol. The van der Waals surface area contributed by atoms with Crippen molar-refractivity contribution in [3.63, 3.8) is 0 Å². The molecule has 1 aliphatic rings. The Labute approximate surface area is 89.1 Å². The maximum atomic E-state index is 3.38. The molecule has 0 aromatic heterocycles. The predicted octanol–water partition coefficient (Wildman–Crippen LogP) is 2.10. The van der Waals surface area contributed by atoms with Gasteiger partial charge in [0.05, 0.1) is 0 Å². The van der Waals surface area contributed by atoms with Crippen LogP contribution in [0.3, 0.4) is 0 Å². The van der Waals surface area contributed by atoms with Gasteiger partial charge in [-0.2, -0.15) is 0 Å². The van der Waals surface area contributed by atoms with Crippen LogP contribution in [0.5, 0.6) is 0 Å². The molecule has 0 aliphatic carbocycles. The fourth-order valence-electron chi connectivity index (χ4n) is 2.46. The first-order valence-electron chi connectivity index (χ1n) is 6.04. The lowest BCUT2D eigenvalue weighted by Gasteiger charge is -2.36. The summed E-state index contributed by atoms with van der Waals surface area (Å²) < 4.78 is 0. The molecule has 1 heterocycles. The predicted molar refractivity (Wildman–Crippen MR) is 62.6 cm³/mol. The Kier molecular flexibility index (Phi) is 4.90. The van der Waals surface area contributed by atoms with Gasteiger partial charge in [-0.15, -0.1) is 0 Å². The van der Waals surface area contributed by atoms with Gasteiger partial charge in [0.2, 0.25) is 0 Å². The summed E-state index contributed by atoms with van der Waals surface area (Å²) in [7, 11) is 2.08. The highest BCUT2D eigenvalue weighted by Crippen LogP contribution is 2.17. The molecule has 1 atom stereocenters. The van der Waals surface area contributed by atoms with E-state index in [0.29, 0.717) is 0 Å². The Bertz CT molecular complexity index is 148. The molecule has 0 aromatic carbocycles. The fourth-order valence-corrected chi connectivity index (χ4v) is 2.46.